The lowest BCUT2D eigenvalue weighted by Crippen LogP contribution is -2.09. The Labute approximate surface area is 120 Å². The summed E-state index contributed by atoms with van der Waals surface area (Å²) in [5.74, 6) is -1.01. The van der Waals surface area contributed by atoms with E-state index < -0.39 is 11.8 Å². The molecule has 0 saturated heterocycles. The predicted octanol–water partition coefficient (Wildman–Crippen LogP) is 2.60. The maximum Gasteiger partial charge on any atom is 0.360 e. The first-order valence-corrected chi connectivity index (χ1v) is 6.41. The Hall–Kier alpha value is -1.95. The van der Waals surface area contributed by atoms with Crippen molar-refractivity contribution in [3.63, 3.8) is 0 Å². The molecule has 0 unspecified atom stereocenters. The summed E-state index contributed by atoms with van der Waals surface area (Å²) in [5.41, 5.74) is 1.41. The summed E-state index contributed by atoms with van der Waals surface area (Å²) in [4.78, 5) is 11.6. The lowest BCUT2D eigenvalue weighted by Gasteiger charge is -2.05. The number of carbonyl (C=O) groups is 1. The van der Waals surface area contributed by atoms with Gasteiger partial charge in [0.15, 0.2) is 5.69 Å². The van der Waals surface area contributed by atoms with Gasteiger partial charge in [-0.2, -0.15) is 0 Å². The zero-order valence-corrected chi connectivity index (χ0v) is 11.8. The molecule has 5 nitrogen and oxygen atoms in total. The van der Waals surface area contributed by atoms with Gasteiger partial charge in [0.25, 0.3) is 0 Å². The van der Waals surface area contributed by atoms with Crippen molar-refractivity contribution in [1.29, 1.82) is 0 Å². The van der Waals surface area contributed by atoms with Crippen LogP contribution in [0.4, 0.5) is 4.39 Å². The number of nitrogens with zero attached hydrogens (tertiary/aromatic N) is 3. The first-order valence-electron chi connectivity index (χ1n) is 6.04. The quantitative estimate of drug-likeness (QED) is 0.814. The highest BCUT2D eigenvalue weighted by Gasteiger charge is 2.17. The minimum atomic E-state index is -0.515. The highest BCUT2D eigenvalue weighted by Crippen LogP contribution is 2.17. The number of aromatic nitrogens is 3. The number of hydrogen-bond acceptors (Lipinski definition) is 4. The Morgan fingerprint density at radius 1 is 1.50 bits per heavy atom. The van der Waals surface area contributed by atoms with Crippen LogP contribution in [0.5, 0.6) is 0 Å². The fourth-order valence-corrected chi connectivity index (χ4v) is 1.83. The van der Waals surface area contributed by atoms with Crippen LogP contribution in [0.1, 0.15) is 28.7 Å². The van der Waals surface area contributed by atoms with Crippen LogP contribution in [0.3, 0.4) is 0 Å². The van der Waals surface area contributed by atoms with E-state index in [1.807, 2.05) is 0 Å². The largest absolute Gasteiger partial charge is 0.461 e. The molecule has 0 aliphatic heterocycles. The number of rotatable bonds is 4. The van der Waals surface area contributed by atoms with Crippen LogP contribution in [0.25, 0.3) is 0 Å². The highest BCUT2D eigenvalue weighted by molar-refractivity contribution is 6.30. The van der Waals surface area contributed by atoms with Crippen molar-refractivity contribution < 1.29 is 13.9 Å². The molecule has 106 valence electrons. The summed E-state index contributed by atoms with van der Waals surface area (Å²) in [7, 11) is 0. The minimum Gasteiger partial charge on any atom is -0.461 e. The first-order chi connectivity index (χ1) is 9.52. The molecule has 7 heteroatoms. The van der Waals surface area contributed by atoms with Gasteiger partial charge in [-0.05, 0) is 31.5 Å². The molecule has 0 atom stereocenters. The maximum absolute atomic E-state index is 13.4. The van der Waals surface area contributed by atoms with Gasteiger partial charge in [0.2, 0.25) is 0 Å². The molecule has 1 heterocycles. The van der Waals surface area contributed by atoms with E-state index in [9.17, 15) is 9.18 Å². The van der Waals surface area contributed by atoms with E-state index in [4.69, 9.17) is 16.3 Å². The SMILES string of the molecule is CCOC(=O)c1nnn(Cc2ccc(Cl)c(F)c2)c1C. The van der Waals surface area contributed by atoms with Crippen LogP contribution in [-0.2, 0) is 11.3 Å². The third-order valence-electron chi connectivity index (χ3n) is 2.77. The normalized spacial score (nSPS) is 10.6. The molecule has 0 N–H and O–H groups in total. The third-order valence-corrected chi connectivity index (χ3v) is 3.07. The molecular formula is C13H13ClFN3O2. The van der Waals surface area contributed by atoms with Gasteiger partial charge in [-0.1, -0.05) is 22.9 Å². The van der Waals surface area contributed by atoms with Gasteiger partial charge >= 0.3 is 5.97 Å². The molecule has 0 saturated carbocycles. The van der Waals surface area contributed by atoms with E-state index in [-0.39, 0.29) is 17.3 Å². The van der Waals surface area contributed by atoms with E-state index in [0.29, 0.717) is 17.8 Å². The standard InChI is InChI=1S/C13H13ClFN3O2/c1-3-20-13(19)12-8(2)18(17-16-12)7-9-4-5-10(14)11(15)6-9/h4-6H,3,7H2,1-2H3. The van der Waals surface area contributed by atoms with Crippen LogP contribution in [0, 0.1) is 12.7 Å². The first kappa shape index (κ1) is 14.5. The molecule has 20 heavy (non-hydrogen) atoms. The van der Waals surface area contributed by atoms with E-state index in [2.05, 4.69) is 10.3 Å². The molecular weight excluding hydrogens is 285 g/mol. The van der Waals surface area contributed by atoms with Crippen molar-refractivity contribution in [2.24, 2.45) is 0 Å². The van der Waals surface area contributed by atoms with Gasteiger partial charge in [0.1, 0.15) is 5.82 Å². The van der Waals surface area contributed by atoms with E-state index in [1.165, 1.54) is 16.8 Å². The zero-order valence-electron chi connectivity index (χ0n) is 11.1. The number of carbonyl (C=O) groups excluding carboxylic acids is 1. The molecule has 2 rings (SSSR count). The van der Waals surface area contributed by atoms with Crippen LogP contribution < -0.4 is 0 Å². The monoisotopic (exact) mass is 297 g/mol. The van der Waals surface area contributed by atoms with Crippen LogP contribution in [0.2, 0.25) is 5.02 Å². The minimum absolute atomic E-state index is 0.0660. The summed E-state index contributed by atoms with van der Waals surface area (Å²) < 4.78 is 19.7. The molecule has 0 aliphatic rings. The summed E-state index contributed by atoms with van der Waals surface area (Å²) >= 11 is 5.62. The van der Waals surface area contributed by atoms with Crippen molar-refractivity contribution in [3.8, 4) is 0 Å². The van der Waals surface area contributed by atoms with E-state index in [1.54, 1.807) is 19.9 Å². The summed E-state index contributed by atoms with van der Waals surface area (Å²) in [5, 5.41) is 7.73. The predicted molar refractivity (Wildman–Crippen MR) is 71.2 cm³/mol. The van der Waals surface area contributed by atoms with Crippen molar-refractivity contribution in [1.82, 2.24) is 15.0 Å². The smallest absolute Gasteiger partial charge is 0.360 e. The van der Waals surface area contributed by atoms with Gasteiger partial charge in [0, 0.05) is 0 Å². The number of esters is 1. The van der Waals surface area contributed by atoms with Crippen LogP contribution in [-0.4, -0.2) is 27.6 Å². The second-order valence-electron chi connectivity index (χ2n) is 4.15. The number of hydrogen-bond donors (Lipinski definition) is 0. The summed E-state index contributed by atoms with van der Waals surface area (Å²) in [6.45, 7) is 3.99. The number of benzene rings is 1. The molecule has 0 amide bonds. The van der Waals surface area contributed by atoms with Crippen molar-refractivity contribution >= 4 is 17.6 Å². The fourth-order valence-electron chi connectivity index (χ4n) is 1.71. The third kappa shape index (κ3) is 2.96. The van der Waals surface area contributed by atoms with Gasteiger partial charge in [0.05, 0.1) is 23.9 Å². The number of halogens is 2. The Bertz CT molecular complexity index is 643. The fraction of sp³-hybridized carbons (Fsp3) is 0.308. The highest BCUT2D eigenvalue weighted by atomic mass is 35.5. The molecule has 0 aliphatic carbocycles. The maximum atomic E-state index is 13.4. The van der Waals surface area contributed by atoms with E-state index in [0.717, 1.165) is 0 Å². The molecule has 1 aromatic heterocycles. The van der Waals surface area contributed by atoms with Gasteiger partial charge < -0.3 is 4.74 Å². The van der Waals surface area contributed by atoms with Gasteiger partial charge in [-0.25, -0.2) is 13.9 Å². The Morgan fingerprint density at radius 3 is 2.90 bits per heavy atom. The summed E-state index contributed by atoms with van der Waals surface area (Å²) in [6, 6.07) is 4.49. The summed E-state index contributed by atoms with van der Waals surface area (Å²) in [6.07, 6.45) is 0. The van der Waals surface area contributed by atoms with E-state index >= 15 is 0 Å². The lowest BCUT2D eigenvalue weighted by molar-refractivity contribution is 0.0518. The lowest BCUT2D eigenvalue weighted by atomic mass is 10.2. The van der Waals surface area contributed by atoms with Crippen molar-refractivity contribution in [2.45, 2.75) is 20.4 Å². The van der Waals surface area contributed by atoms with Crippen LogP contribution >= 0.6 is 11.6 Å². The average molecular weight is 298 g/mol. The molecule has 0 bridgehead atoms. The second kappa shape index (κ2) is 6.00. The Morgan fingerprint density at radius 2 is 2.25 bits per heavy atom. The molecule has 1 aromatic carbocycles. The number of ether oxygens (including phenoxy) is 1. The Kier molecular flexibility index (Phi) is 4.34. The van der Waals surface area contributed by atoms with Gasteiger partial charge in [-0.3, -0.25) is 0 Å². The Balaban J connectivity index is 2.22. The zero-order chi connectivity index (χ0) is 14.7. The topological polar surface area (TPSA) is 57.0 Å². The van der Waals surface area contributed by atoms with Crippen molar-refractivity contribution in [2.75, 3.05) is 6.61 Å². The van der Waals surface area contributed by atoms with Crippen molar-refractivity contribution in [3.05, 3.63) is 46.0 Å². The van der Waals surface area contributed by atoms with Crippen LogP contribution in [0.15, 0.2) is 18.2 Å². The molecule has 0 radical (unpaired) electrons. The second-order valence-corrected chi connectivity index (χ2v) is 4.56. The molecule has 0 fully saturated rings. The van der Waals surface area contributed by atoms with Gasteiger partial charge in [-0.15, -0.1) is 5.10 Å². The molecule has 0 spiro atoms. The molecule has 2 aromatic rings. The average Bonchev–Trinajstić information content (AvgIpc) is 2.76.